The highest BCUT2D eigenvalue weighted by atomic mass is 16.5. The van der Waals surface area contributed by atoms with E-state index in [0.29, 0.717) is 12.1 Å². The summed E-state index contributed by atoms with van der Waals surface area (Å²) in [6.07, 6.45) is -0.488. The topological polar surface area (TPSA) is 70.7 Å². The monoisotopic (exact) mass is 473 g/mol. The van der Waals surface area contributed by atoms with Gasteiger partial charge in [0, 0.05) is 25.2 Å². The Balaban J connectivity index is 1.70. The van der Waals surface area contributed by atoms with Gasteiger partial charge in [-0.15, -0.1) is 0 Å². The highest BCUT2D eigenvalue weighted by Crippen LogP contribution is 2.27. The molecule has 2 N–H and O–H groups in total. The lowest BCUT2D eigenvalue weighted by molar-refractivity contribution is 0.0929. The molecule has 0 spiro atoms. The van der Waals surface area contributed by atoms with E-state index >= 15 is 0 Å². The number of amides is 2. The zero-order valence-corrected chi connectivity index (χ0v) is 21.0. The quantitative estimate of drug-likeness (QED) is 0.430. The Morgan fingerprint density at radius 1 is 0.829 bits per heavy atom. The number of hydrogen-bond acceptors (Lipinski definition) is 4. The van der Waals surface area contributed by atoms with E-state index in [1.807, 2.05) is 93.0 Å². The van der Waals surface area contributed by atoms with Gasteiger partial charge < -0.3 is 20.3 Å². The van der Waals surface area contributed by atoms with Gasteiger partial charge in [0.05, 0.1) is 0 Å². The average molecular weight is 474 g/mol. The lowest BCUT2D eigenvalue weighted by Gasteiger charge is -2.28. The summed E-state index contributed by atoms with van der Waals surface area (Å²) < 4.78 is 5.33. The molecule has 3 rings (SSSR count). The SMILES string of the molecule is CN(C)CC(C)(C)CNC(=O)c1ccccc1-c1ccccc1CNC(=O)OCc1ccccc1. The third-order valence-corrected chi connectivity index (χ3v) is 5.59. The van der Waals surface area contributed by atoms with Crippen LogP contribution in [0.2, 0.25) is 0 Å². The van der Waals surface area contributed by atoms with Crippen LogP contribution in [0.25, 0.3) is 11.1 Å². The van der Waals surface area contributed by atoms with Crippen molar-refractivity contribution >= 4 is 12.0 Å². The molecule has 0 bridgehead atoms. The molecule has 0 radical (unpaired) electrons. The van der Waals surface area contributed by atoms with Gasteiger partial charge in [0.15, 0.2) is 0 Å². The third kappa shape index (κ3) is 7.97. The molecule has 0 aliphatic rings. The number of rotatable bonds is 10. The van der Waals surface area contributed by atoms with Crippen molar-refractivity contribution < 1.29 is 14.3 Å². The molecule has 3 aromatic rings. The van der Waals surface area contributed by atoms with Crippen molar-refractivity contribution in [1.29, 1.82) is 0 Å². The number of nitrogens with one attached hydrogen (secondary N) is 2. The van der Waals surface area contributed by atoms with Crippen molar-refractivity contribution in [2.75, 3.05) is 27.2 Å². The van der Waals surface area contributed by atoms with Crippen LogP contribution in [0.5, 0.6) is 0 Å². The lowest BCUT2D eigenvalue weighted by atomic mass is 9.92. The molecule has 0 fully saturated rings. The van der Waals surface area contributed by atoms with Crippen LogP contribution in [0.15, 0.2) is 78.9 Å². The molecule has 184 valence electrons. The van der Waals surface area contributed by atoms with Gasteiger partial charge in [0.25, 0.3) is 5.91 Å². The van der Waals surface area contributed by atoms with Gasteiger partial charge in [0.1, 0.15) is 6.61 Å². The fourth-order valence-corrected chi connectivity index (χ4v) is 4.12. The van der Waals surface area contributed by atoms with E-state index < -0.39 is 6.09 Å². The Morgan fingerprint density at radius 3 is 2.17 bits per heavy atom. The summed E-state index contributed by atoms with van der Waals surface area (Å²) in [5, 5.41) is 5.93. The van der Waals surface area contributed by atoms with Crippen molar-refractivity contribution in [3.63, 3.8) is 0 Å². The molecule has 6 heteroatoms. The first kappa shape index (κ1) is 26.0. The van der Waals surface area contributed by atoms with Gasteiger partial charge in [0.2, 0.25) is 0 Å². The van der Waals surface area contributed by atoms with E-state index in [9.17, 15) is 9.59 Å². The largest absolute Gasteiger partial charge is 0.445 e. The number of carbonyl (C=O) groups excluding carboxylic acids is 2. The summed E-state index contributed by atoms with van der Waals surface area (Å²) in [6, 6.07) is 24.9. The molecule has 6 nitrogen and oxygen atoms in total. The maximum Gasteiger partial charge on any atom is 0.407 e. The first-order valence-electron chi connectivity index (χ1n) is 11.8. The first-order valence-corrected chi connectivity index (χ1v) is 11.8. The fraction of sp³-hybridized carbons (Fsp3) is 0.310. The van der Waals surface area contributed by atoms with Gasteiger partial charge >= 0.3 is 6.09 Å². The molecule has 0 saturated heterocycles. The van der Waals surface area contributed by atoms with Crippen LogP contribution in [-0.2, 0) is 17.9 Å². The van der Waals surface area contributed by atoms with Gasteiger partial charge in [-0.25, -0.2) is 4.79 Å². The van der Waals surface area contributed by atoms with E-state index in [4.69, 9.17) is 4.74 Å². The van der Waals surface area contributed by atoms with Crippen LogP contribution in [0.1, 0.15) is 35.3 Å². The molecule has 3 aromatic carbocycles. The summed E-state index contributed by atoms with van der Waals surface area (Å²) in [4.78, 5) is 27.5. The first-order chi connectivity index (χ1) is 16.7. The Bertz CT molecular complexity index is 1130. The minimum atomic E-state index is -0.488. The molecule has 0 unspecified atom stereocenters. The summed E-state index contributed by atoms with van der Waals surface area (Å²) in [6.45, 7) is 6.20. The normalized spacial score (nSPS) is 11.2. The Labute approximate surface area is 208 Å². The van der Waals surface area contributed by atoms with Crippen LogP contribution in [0.3, 0.4) is 0 Å². The smallest absolute Gasteiger partial charge is 0.407 e. The van der Waals surface area contributed by atoms with E-state index in [1.54, 1.807) is 0 Å². The molecule has 0 heterocycles. The van der Waals surface area contributed by atoms with Gasteiger partial charge in [-0.1, -0.05) is 86.6 Å². The molecule has 2 amide bonds. The third-order valence-electron chi connectivity index (χ3n) is 5.59. The summed E-state index contributed by atoms with van der Waals surface area (Å²) in [5.74, 6) is -0.113. The zero-order valence-electron chi connectivity index (χ0n) is 21.0. The average Bonchev–Trinajstić information content (AvgIpc) is 2.85. The summed E-state index contributed by atoms with van der Waals surface area (Å²) in [5.41, 5.74) is 4.09. The van der Waals surface area contributed by atoms with Crippen LogP contribution in [0.4, 0.5) is 4.79 Å². The minimum absolute atomic E-state index is 0.0595. The Kier molecular flexibility index (Phi) is 9.04. The van der Waals surface area contributed by atoms with Crippen molar-refractivity contribution in [2.45, 2.75) is 27.0 Å². The predicted molar refractivity (Wildman–Crippen MR) is 140 cm³/mol. The van der Waals surface area contributed by atoms with Crippen LogP contribution in [0, 0.1) is 5.41 Å². The minimum Gasteiger partial charge on any atom is -0.445 e. The standard InChI is InChI=1S/C29H35N3O3/c1-29(2,21-32(3)4)20-31-27(33)26-17-11-10-16-25(26)24-15-9-8-14-23(24)18-30-28(34)35-19-22-12-6-5-7-13-22/h5-17H,18-21H2,1-4H3,(H,30,34)(H,31,33). The number of benzene rings is 3. The van der Waals surface area contributed by atoms with Crippen molar-refractivity contribution in [3.8, 4) is 11.1 Å². The van der Waals surface area contributed by atoms with E-state index in [2.05, 4.69) is 29.4 Å². The van der Waals surface area contributed by atoms with Crippen LogP contribution < -0.4 is 10.6 Å². The van der Waals surface area contributed by atoms with Gasteiger partial charge in [-0.2, -0.15) is 0 Å². The van der Waals surface area contributed by atoms with Crippen LogP contribution >= 0.6 is 0 Å². The highest BCUT2D eigenvalue weighted by Gasteiger charge is 2.21. The second-order valence-corrected chi connectivity index (χ2v) is 9.70. The number of nitrogens with zero attached hydrogens (tertiary/aromatic N) is 1. The maximum atomic E-state index is 13.2. The molecule has 35 heavy (non-hydrogen) atoms. The molecule has 0 aliphatic carbocycles. The zero-order chi connectivity index (χ0) is 25.3. The maximum absolute atomic E-state index is 13.2. The molecule has 0 saturated carbocycles. The van der Waals surface area contributed by atoms with Crippen molar-refractivity contribution in [3.05, 3.63) is 95.6 Å². The van der Waals surface area contributed by atoms with Gasteiger partial charge in [-0.3, -0.25) is 4.79 Å². The molecule has 0 aromatic heterocycles. The van der Waals surface area contributed by atoms with E-state index in [-0.39, 0.29) is 24.5 Å². The number of carbonyl (C=O) groups is 2. The van der Waals surface area contributed by atoms with E-state index in [0.717, 1.165) is 28.8 Å². The highest BCUT2D eigenvalue weighted by molar-refractivity contribution is 6.01. The van der Waals surface area contributed by atoms with Gasteiger partial charge in [-0.05, 0) is 47.8 Å². The second-order valence-electron chi connectivity index (χ2n) is 9.70. The number of alkyl carbamates (subject to hydrolysis) is 1. The number of hydrogen-bond donors (Lipinski definition) is 2. The molecule has 0 atom stereocenters. The van der Waals surface area contributed by atoms with Crippen molar-refractivity contribution in [1.82, 2.24) is 15.5 Å². The van der Waals surface area contributed by atoms with E-state index in [1.165, 1.54) is 0 Å². The summed E-state index contributed by atoms with van der Waals surface area (Å²) in [7, 11) is 4.06. The molecular weight excluding hydrogens is 438 g/mol. The van der Waals surface area contributed by atoms with Crippen molar-refractivity contribution in [2.24, 2.45) is 5.41 Å². The lowest BCUT2D eigenvalue weighted by Crippen LogP contribution is -2.40. The molecular formula is C29H35N3O3. The number of ether oxygens (including phenoxy) is 1. The predicted octanol–water partition coefficient (Wildman–Crippen LogP) is 5.10. The van der Waals surface area contributed by atoms with Crippen LogP contribution in [-0.4, -0.2) is 44.1 Å². The Morgan fingerprint density at radius 2 is 1.46 bits per heavy atom. The second kappa shape index (κ2) is 12.2. The fourth-order valence-electron chi connectivity index (χ4n) is 4.12. The molecule has 0 aliphatic heterocycles. The summed E-state index contributed by atoms with van der Waals surface area (Å²) >= 11 is 0. The Hall–Kier alpha value is -3.64.